The van der Waals surface area contributed by atoms with Gasteiger partial charge in [0.15, 0.2) is 0 Å². The minimum atomic E-state index is -0.392. The van der Waals surface area contributed by atoms with E-state index in [9.17, 15) is 0 Å². The zero-order chi connectivity index (χ0) is 10.8. The number of methoxy groups -OCH3 is 1. The Labute approximate surface area is 84.4 Å². The molecule has 3 heteroatoms. The molecule has 4 N–H and O–H groups in total. The summed E-state index contributed by atoms with van der Waals surface area (Å²) >= 11 is 0. The first-order valence-corrected chi connectivity index (χ1v) is 4.36. The van der Waals surface area contributed by atoms with Crippen molar-refractivity contribution in [3.63, 3.8) is 0 Å². The van der Waals surface area contributed by atoms with E-state index in [1.165, 1.54) is 0 Å². The Morgan fingerprint density at radius 3 is 2.64 bits per heavy atom. The van der Waals surface area contributed by atoms with Gasteiger partial charge in [-0.15, -0.1) is 0 Å². The van der Waals surface area contributed by atoms with Crippen LogP contribution in [-0.4, -0.2) is 7.11 Å². The molecule has 0 heterocycles. The van der Waals surface area contributed by atoms with Crippen LogP contribution in [-0.2, 0) is 4.74 Å². The standard InChI is InChI=1S/C11H16N2O/c1-8(14-3)11(2)6-4-5-9(12)10(13)7-11/h4-7H,1,12-13H2,2-3H3. The Hall–Kier alpha value is -1.64. The Morgan fingerprint density at radius 1 is 1.43 bits per heavy atom. The normalized spacial score (nSPS) is 26.1. The monoisotopic (exact) mass is 192 g/mol. The van der Waals surface area contributed by atoms with Crippen LogP contribution in [0.5, 0.6) is 0 Å². The highest BCUT2D eigenvalue weighted by Crippen LogP contribution is 2.32. The van der Waals surface area contributed by atoms with Crippen molar-refractivity contribution in [2.24, 2.45) is 16.9 Å². The summed E-state index contributed by atoms with van der Waals surface area (Å²) in [7, 11) is 1.59. The van der Waals surface area contributed by atoms with Gasteiger partial charge in [0.25, 0.3) is 0 Å². The topological polar surface area (TPSA) is 61.3 Å². The maximum absolute atomic E-state index is 5.78. The molecule has 0 radical (unpaired) electrons. The molecule has 1 aliphatic carbocycles. The quantitative estimate of drug-likeness (QED) is 0.650. The van der Waals surface area contributed by atoms with E-state index in [-0.39, 0.29) is 0 Å². The second-order valence-electron chi connectivity index (χ2n) is 3.49. The van der Waals surface area contributed by atoms with Gasteiger partial charge >= 0.3 is 0 Å². The molecule has 1 aliphatic rings. The summed E-state index contributed by atoms with van der Waals surface area (Å²) in [6, 6.07) is 0. The molecule has 3 nitrogen and oxygen atoms in total. The van der Waals surface area contributed by atoms with Crippen molar-refractivity contribution in [3.8, 4) is 0 Å². The first-order valence-electron chi connectivity index (χ1n) is 4.36. The third-order valence-electron chi connectivity index (χ3n) is 2.35. The van der Waals surface area contributed by atoms with E-state index in [2.05, 4.69) is 6.58 Å². The van der Waals surface area contributed by atoms with Gasteiger partial charge in [0.1, 0.15) is 5.76 Å². The molecule has 0 aromatic rings. The van der Waals surface area contributed by atoms with E-state index in [0.717, 1.165) is 0 Å². The SMILES string of the molecule is C=C(OC)C1(C)C=CC=C(N)C(N)=C1. The van der Waals surface area contributed by atoms with E-state index in [1.807, 2.05) is 25.2 Å². The molecule has 0 bridgehead atoms. The Bertz CT molecular complexity index is 339. The van der Waals surface area contributed by atoms with Crippen LogP contribution >= 0.6 is 0 Å². The number of rotatable bonds is 2. The van der Waals surface area contributed by atoms with Crippen LogP contribution in [0.15, 0.2) is 48.0 Å². The number of hydrogen-bond donors (Lipinski definition) is 2. The van der Waals surface area contributed by atoms with Crippen LogP contribution < -0.4 is 11.5 Å². The molecule has 14 heavy (non-hydrogen) atoms. The lowest BCUT2D eigenvalue weighted by Gasteiger charge is -2.23. The summed E-state index contributed by atoms with van der Waals surface area (Å²) in [5, 5.41) is 0. The summed E-state index contributed by atoms with van der Waals surface area (Å²) in [6.45, 7) is 5.80. The van der Waals surface area contributed by atoms with Crippen LogP contribution in [0.2, 0.25) is 0 Å². The highest BCUT2D eigenvalue weighted by atomic mass is 16.5. The molecule has 0 saturated heterocycles. The third-order valence-corrected chi connectivity index (χ3v) is 2.35. The molecule has 0 amide bonds. The molecule has 0 fully saturated rings. The Balaban J connectivity index is 3.10. The molecule has 0 aromatic heterocycles. The Morgan fingerprint density at radius 2 is 2.07 bits per heavy atom. The molecule has 1 unspecified atom stereocenters. The van der Waals surface area contributed by atoms with Crippen LogP contribution in [0.4, 0.5) is 0 Å². The predicted octanol–water partition coefficient (Wildman–Crippen LogP) is 1.41. The van der Waals surface area contributed by atoms with Gasteiger partial charge in [0, 0.05) is 0 Å². The molecule has 0 saturated carbocycles. The maximum Gasteiger partial charge on any atom is 0.102 e. The fourth-order valence-electron chi connectivity index (χ4n) is 1.30. The number of allylic oxidation sites excluding steroid dienone is 3. The molecule has 1 rings (SSSR count). The van der Waals surface area contributed by atoms with Gasteiger partial charge in [-0.3, -0.25) is 0 Å². The zero-order valence-corrected chi connectivity index (χ0v) is 8.58. The summed E-state index contributed by atoms with van der Waals surface area (Å²) in [6.07, 6.45) is 7.41. The van der Waals surface area contributed by atoms with Crippen LogP contribution in [0, 0.1) is 5.41 Å². The fourth-order valence-corrected chi connectivity index (χ4v) is 1.30. The van der Waals surface area contributed by atoms with Crippen LogP contribution in [0.3, 0.4) is 0 Å². The van der Waals surface area contributed by atoms with E-state index in [0.29, 0.717) is 17.2 Å². The lowest BCUT2D eigenvalue weighted by molar-refractivity contribution is 0.238. The highest BCUT2D eigenvalue weighted by Gasteiger charge is 2.24. The largest absolute Gasteiger partial charge is 0.500 e. The minimum Gasteiger partial charge on any atom is -0.500 e. The molecular weight excluding hydrogens is 176 g/mol. The first kappa shape index (κ1) is 10.4. The van der Waals surface area contributed by atoms with Crippen LogP contribution in [0.25, 0.3) is 0 Å². The summed E-state index contributed by atoms with van der Waals surface area (Å²) in [4.78, 5) is 0. The molecule has 76 valence electrons. The maximum atomic E-state index is 5.78. The lowest BCUT2D eigenvalue weighted by Crippen LogP contribution is -2.17. The van der Waals surface area contributed by atoms with Gasteiger partial charge in [-0.1, -0.05) is 18.7 Å². The zero-order valence-electron chi connectivity index (χ0n) is 8.58. The van der Waals surface area contributed by atoms with Gasteiger partial charge in [-0.05, 0) is 19.1 Å². The van der Waals surface area contributed by atoms with E-state index < -0.39 is 5.41 Å². The van der Waals surface area contributed by atoms with Gasteiger partial charge in [-0.25, -0.2) is 0 Å². The summed E-state index contributed by atoms with van der Waals surface area (Å²) < 4.78 is 5.12. The number of ether oxygens (including phenoxy) is 1. The van der Waals surface area contributed by atoms with Crippen molar-refractivity contribution in [1.82, 2.24) is 0 Å². The number of nitrogens with two attached hydrogens (primary N) is 2. The molecule has 1 atom stereocenters. The van der Waals surface area contributed by atoms with Crippen molar-refractivity contribution in [2.45, 2.75) is 6.92 Å². The van der Waals surface area contributed by atoms with Crippen molar-refractivity contribution >= 4 is 0 Å². The van der Waals surface area contributed by atoms with Crippen LogP contribution in [0.1, 0.15) is 6.92 Å². The molecular formula is C11H16N2O. The van der Waals surface area contributed by atoms with E-state index in [4.69, 9.17) is 16.2 Å². The lowest BCUT2D eigenvalue weighted by atomic mass is 9.87. The average Bonchev–Trinajstić information content (AvgIpc) is 2.27. The molecule has 0 spiro atoms. The van der Waals surface area contributed by atoms with Crippen molar-refractivity contribution < 1.29 is 4.74 Å². The minimum absolute atomic E-state index is 0.392. The van der Waals surface area contributed by atoms with Crippen molar-refractivity contribution in [1.29, 1.82) is 0 Å². The Kier molecular flexibility index (Phi) is 2.70. The van der Waals surface area contributed by atoms with Gasteiger partial charge in [-0.2, -0.15) is 0 Å². The highest BCUT2D eigenvalue weighted by molar-refractivity contribution is 5.38. The van der Waals surface area contributed by atoms with Gasteiger partial charge < -0.3 is 16.2 Å². The molecule has 0 aliphatic heterocycles. The number of hydrogen-bond acceptors (Lipinski definition) is 3. The van der Waals surface area contributed by atoms with E-state index in [1.54, 1.807) is 13.2 Å². The smallest absolute Gasteiger partial charge is 0.102 e. The average molecular weight is 192 g/mol. The van der Waals surface area contributed by atoms with Gasteiger partial charge in [0.2, 0.25) is 0 Å². The molecule has 0 aromatic carbocycles. The second kappa shape index (κ2) is 3.62. The third kappa shape index (κ3) is 1.82. The van der Waals surface area contributed by atoms with E-state index >= 15 is 0 Å². The second-order valence-corrected chi connectivity index (χ2v) is 3.49. The van der Waals surface area contributed by atoms with Gasteiger partial charge in [0.05, 0.1) is 23.9 Å². The summed E-state index contributed by atoms with van der Waals surface area (Å²) in [5.41, 5.74) is 12.2. The van der Waals surface area contributed by atoms with Crippen molar-refractivity contribution in [3.05, 3.63) is 48.0 Å². The summed E-state index contributed by atoms with van der Waals surface area (Å²) in [5.74, 6) is 0.639. The fraction of sp³-hybridized carbons (Fsp3) is 0.273. The predicted molar refractivity (Wildman–Crippen MR) is 57.9 cm³/mol. The van der Waals surface area contributed by atoms with Crippen molar-refractivity contribution in [2.75, 3.05) is 7.11 Å². The first-order chi connectivity index (χ1) is 6.49.